The normalized spacial score (nSPS) is 11.6. The zero-order valence-electron chi connectivity index (χ0n) is 33.0. The third-order valence-corrected chi connectivity index (χ3v) is 11.9. The van der Waals surface area contributed by atoms with Crippen molar-refractivity contribution in [2.75, 3.05) is 4.90 Å². The molecule has 2 heterocycles. The molecule has 0 spiro atoms. The highest BCUT2D eigenvalue weighted by atomic mass is 16.3. The molecule has 2 aromatic heterocycles. The summed E-state index contributed by atoms with van der Waals surface area (Å²) in [5.74, 6) is 0.623. The first kappa shape index (κ1) is 34.8. The molecule has 0 unspecified atom stereocenters. The first-order chi connectivity index (χ1) is 30.2. The van der Waals surface area contributed by atoms with Gasteiger partial charge in [-0.1, -0.05) is 146 Å². The van der Waals surface area contributed by atoms with E-state index < -0.39 is 0 Å². The molecule has 4 nitrogen and oxygen atoms in total. The lowest BCUT2D eigenvalue weighted by Gasteiger charge is -2.26. The molecule has 0 aliphatic heterocycles. The van der Waals surface area contributed by atoms with Crippen molar-refractivity contribution < 1.29 is 8.83 Å². The topological polar surface area (TPSA) is 42.4 Å². The van der Waals surface area contributed by atoms with E-state index in [4.69, 9.17) is 13.8 Å². The highest BCUT2D eigenvalue weighted by molar-refractivity contribution is 6.19. The lowest BCUT2D eigenvalue weighted by atomic mass is 9.93. The lowest BCUT2D eigenvalue weighted by Crippen LogP contribution is -2.09. The van der Waals surface area contributed by atoms with Crippen LogP contribution in [0.25, 0.3) is 99.4 Å². The highest BCUT2D eigenvalue weighted by Gasteiger charge is 2.20. The van der Waals surface area contributed by atoms with Gasteiger partial charge in [0.05, 0.1) is 0 Å². The quantitative estimate of drug-likeness (QED) is 0.162. The van der Waals surface area contributed by atoms with E-state index in [0.29, 0.717) is 5.89 Å². The van der Waals surface area contributed by atoms with Crippen LogP contribution in [0.5, 0.6) is 0 Å². The molecule has 61 heavy (non-hydrogen) atoms. The van der Waals surface area contributed by atoms with Crippen LogP contribution < -0.4 is 4.90 Å². The van der Waals surface area contributed by atoms with Crippen molar-refractivity contribution in [2.24, 2.45) is 0 Å². The number of hydrogen-bond acceptors (Lipinski definition) is 4. The average Bonchev–Trinajstić information content (AvgIpc) is 3.93. The van der Waals surface area contributed by atoms with Gasteiger partial charge in [0.15, 0.2) is 5.58 Å². The summed E-state index contributed by atoms with van der Waals surface area (Å²) < 4.78 is 13.1. The minimum absolute atomic E-state index is 0.623. The highest BCUT2D eigenvalue weighted by Crippen LogP contribution is 2.45. The zero-order valence-corrected chi connectivity index (χ0v) is 33.0. The van der Waals surface area contributed by atoms with Crippen molar-refractivity contribution in [3.8, 4) is 44.8 Å². The second-order valence-electron chi connectivity index (χ2n) is 15.5. The SMILES string of the molecule is c1ccc(-c2ccc(N(c3ccccc3)c3ccc(-c4c5ccccc5cc5c4oc4ccc(-c6ccc(-c7nc8ccccc8o7)c7ccccc67)cc45)cc3)cc2)cc1. The predicted octanol–water partition coefficient (Wildman–Crippen LogP) is 16.2. The number of nitrogens with zero attached hydrogens (tertiary/aromatic N) is 2. The smallest absolute Gasteiger partial charge is 0.227 e. The van der Waals surface area contributed by atoms with Gasteiger partial charge in [-0.3, -0.25) is 0 Å². The Labute approximate surface area is 352 Å². The van der Waals surface area contributed by atoms with Crippen LogP contribution in [0.4, 0.5) is 17.1 Å². The molecule has 0 N–H and O–H groups in total. The van der Waals surface area contributed by atoms with Gasteiger partial charge in [0.25, 0.3) is 0 Å². The van der Waals surface area contributed by atoms with Crippen LogP contribution in [0, 0.1) is 0 Å². The third-order valence-electron chi connectivity index (χ3n) is 11.9. The number of fused-ring (bicyclic) bond motifs is 6. The second-order valence-corrected chi connectivity index (χ2v) is 15.5. The molecule has 0 aliphatic carbocycles. The minimum atomic E-state index is 0.623. The average molecular weight is 781 g/mol. The van der Waals surface area contributed by atoms with Crippen molar-refractivity contribution in [1.29, 1.82) is 0 Å². The molecule has 0 atom stereocenters. The summed E-state index contributed by atoms with van der Waals surface area (Å²) in [7, 11) is 0. The number of rotatable bonds is 7. The molecule has 0 amide bonds. The summed E-state index contributed by atoms with van der Waals surface area (Å²) in [5, 5.41) is 6.72. The van der Waals surface area contributed by atoms with Gasteiger partial charge in [-0.05, 0) is 122 Å². The molecule has 10 aromatic carbocycles. The largest absolute Gasteiger partial charge is 0.455 e. The Balaban J connectivity index is 0.964. The number of hydrogen-bond donors (Lipinski definition) is 0. The van der Waals surface area contributed by atoms with Crippen LogP contribution in [0.3, 0.4) is 0 Å². The fourth-order valence-corrected chi connectivity index (χ4v) is 8.99. The fraction of sp³-hybridized carbons (Fsp3) is 0. The summed E-state index contributed by atoms with van der Waals surface area (Å²) in [4.78, 5) is 7.14. The van der Waals surface area contributed by atoms with Crippen molar-refractivity contribution in [1.82, 2.24) is 4.98 Å². The van der Waals surface area contributed by atoms with Gasteiger partial charge in [0.2, 0.25) is 5.89 Å². The van der Waals surface area contributed by atoms with E-state index in [9.17, 15) is 0 Å². The maximum atomic E-state index is 6.86. The first-order valence-corrected chi connectivity index (χ1v) is 20.6. The molecule has 12 rings (SSSR count). The van der Waals surface area contributed by atoms with Gasteiger partial charge in [-0.2, -0.15) is 0 Å². The van der Waals surface area contributed by atoms with Gasteiger partial charge in [-0.25, -0.2) is 4.98 Å². The van der Waals surface area contributed by atoms with Gasteiger partial charge < -0.3 is 13.7 Å². The molecule has 0 radical (unpaired) electrons. The summed E-state index contributed by atoms with van der Waals surface area (Å²) in [6.45, 7) is 0. The fourth-order valence-electron chi connectivity index (χ4n) is 8.99. The Morgan fingerprint density at radius 3 is 1.67 bits per heavy atom. The monoisotopic (exact) mass is 780 g/mol. The van der Waals surface area contributed by atoms with Crippen LogP contribution in [-0.4, -0.2) is 4.98 Å². The standard InChI is InChI=1S/C57H36N2O2/c1-3-13-37(14-4-1)38-23-28-43(29-24-38)59(42-16-5-2-6-17-42)44-30-25-39(26-31-44)55-46-18-8-7-15-40(46)36-51-50-35-41(27-34-53(50)60-56(51)55)45-32-33-49(48-20-10-9-19-47(45)48)57-58-52-21-11-12-22-54(52)61-57/h1-36H. The van der Waals surface area contributed by atoms with Crippen LogP contribution >= 0.6 is 0 Å². The van der Waals surface area contributed by atoms with E-state index in [1.54, 1.807) is 0 Å². The Kier molecular flexibility index (Phi) is 8.13. The van der Waals surface area contributed by atoms with E-state index in [0.717, 1.165) is 94.1 Å². The molecule has 0 fully saturated rings. The summed E-state index contributed by atoms with van der Waals surface area (Å²) >= 11 is 0. The molecule has 0 saturated heterocycles. The van der Waals surface area contributed by atoms with Crippen LogP contribution in [0.1, 0.15) is 0 Å². The molecule has 0 aliphatic rings. The number of oxazole rings is 1. The lowest BCUT2D eigenvalue weighted by molar-refractivity contribution is 0.620. The minimum Gasteiger partial charge on any atom is -0.455 e. The van der Waals surface area contributed by atoms with E-state index in [-0.39, 0.29) is 0 Å². The Hall–Kier alpha value is -8.21. The van der Waals surface area contributed by atoms with E-state index in [2.05, 4.69) is 199 Å². The van der Waals surface area contributed by atoms with Crippen LogP contribution in [0.15, 0.2) is 227 Å². The summed E-state index contributed by atoms with van der Waals surface area (Å²) in [6, 6.07) is 77.0. The Bertz CT molecular complexity index is 3540. The zero-order chi connectivity index (χ0) is 40.3. The van der Waals surface area contributed by atoms with Crippen molar-refractivity contribution in [2.45, 2.75) is 0 Å². The maximum absolute atomic E-state index is 6.86. The van der Waals surface area contributed by atoms with Crippen molar-refractivity contribution >= 4 is 71.6 Å². The Morgan fingerprint density at radius 1 is 0.344 bits per heavy atom. The van der Waals surface area contributed by atoms with Gasteiger partial charge in [0, 0.05) is 39.0 Å². The molecule has 286 valence electrons. The number of aromatic nitrogens is 1. The van der Waals surface area contributed by atoms with Crippen LogP contribution in [-0.2, 0) is 0 Å². The summed E-state index contributed by atoms with van der Waals surface area (Å²) in [6.07, 6.45) is 0. The molecule has 4 heteroatoms. The Morgan fingerprint density at radius 2 is 0.918 bits per heavy atom. The van der Waals surface area contributed by atoms with Crippen molar-refractivity contribution in [3.63, 3.8) is 0 Å². The van der Waals surface area contributed by atoms with E-state index in [1.165, 1.54) is 16.5 Å². The van der Waals surface area contributed by atoms with Gasteiger partial charge in [-0.15, -0.1) is 0 Å². The molecule has 0 saturated carbocycles. The second kappa shape index (κ2) is 14.3. The molecular weight excluding hydrogens is 745 g/mol. The molecular formula is C57H36N2O2. The summed E-state index contributed by atoms with van der Waals surface area (Å²) in [5.41, 5.74) is 14.4. The third kappa shape index (κ3) is 5.96. The van der Waals surface area contributed by atoms with Crippen molar-refractivity contribution in [3.05, 3.63) is 218 Å². The molecule has 0 bridgehead atoms. The number of benzene rings is 10. The first-order valence-electron chi connectivity index (χ1n) is 20.6. The van der Waals surface area contributed by atoms with Crippen LogP contribution in [0.2, 0.25) is 0 Å². The van der Waals surface area contributed by atoms with Gasteiger partial charge in [0.1, 0.15) is 16.7 Å². The predicted molar refractivity (Wildman–Crippen MR) is 253 cm³/mol. The van der Waals surface area contributed by atoms with Gasteiger partial charge >= 0.3 is 0 Å². The number of anilines is 3. The number of para-hydroxylation sites is 3. The van der Waals surface area contributed by atoms with E-state index >= 15 is 0 Å². The molecule has 12 aromatic rings. The van der Waals surface area contributed by atoms with E-state index in [1.807, 2.05) is 24.3 Å². The maximum Gasteiger partial charge on any atom is 0.227 e. The number of furan rings is 1.